The van der Waals surface area contributed by atoms with E-state index in [9.17, 15) is 13.2 Å². The van der Waals surface area contributed by atoms with Crippen molar-refractivity contribution < 1.29 is 17.9 Å². The fourth-order valence-electron chi connectivity index (χ4n) is 4.09. The van der Waals surface area contributed by atoms with Crippen LogP contribution < -0.4 is 10.6 Å². The summed E-state index contributed by atoms with van der Waals surface area (Å²) in [5, 5.41) is 10.7. The number of fused-ring (bicyclic) bond motifs is 3. The predicted octanol–water partition coefficient (Wildman–Crippen LogP) is 4.99. The fraction of sp³-hybridized carbons (Fsp3) is 0.474. The number of thiophene rings is 1. The third-order valence-corrected chi connectivity index (χ3v) is 6.01. The minimum Gasteiger partial charge on any atom is -0.378 e. The zero-order valence-electron chi connectivity index (χ0n) is 14.3. The summed E-state index contributed by atoms with van der Waals surface area (Å²) in [6.45, 7) is 0.702. The minimum atomic E-state index is -4.35. The second-order valence-corrected chi connectivity index (χ2v) is 7.74. The van der Waals surface area contributed by atoms with E-state index in [1.807, 2.05) is 12.4 Å². The lowest BCUT2D eigenvalue weighted by Gasteiger charge is -2.45. The molecule has 2 aliphatic heterocycles. The van der Waals surface area contributed by atoms with E-state index < -0.39 is 11.7 Å². The van der Waals surface area contributed by atoms with Crippen LogP contribution in [0.5, 0.6) is 0 Å². The molecule has 3 nitrogen and oxygen atoms in total. The van der Waals surface area contributed by atoms with Gasteiger partial charge < -0.3 is 15.4 Å². The number of nitrogens with one attached hydrogen (secondary N) is 2. The van der Waals surface area contributed by atoms with E-state index in [4.69, 9.17) is 4.74 Å². The SMILES string of the molecule is CNC[C@H]1CC[C@@H]2[C@H](O1)c1cc(C(F)(F)F)ccc1N[C@H]2c1ccsc1. The van der Waals surface area contributed by atoms with E-state index in [2.05, 4.69) is 22.1 Å². The Hall–Kier alpha value is -1.57. The van der Waals surface area contributed by atoms with Gasteiger partial charge in [-0.1, -0.05) is 0 Å². The zero-order valence-corrected chi connectivity index (χ0v) is 15.2. The Labute approximate surface area is 154 Å². The Bertz CT molecular complexity index is 763. The molecule has 3 heterocycles. The topological polar surface area (TPSA) is 33.3 Å². The summed E-state index contributed by atoms with van der Waals surface area (Å²) < 4.78 is 45.9. The average molecular weight is 382 g/mol. The van der Waals surface area contributed by atoms with E-state index in [1.165, 1.54) is 11.6 Å². The van der Waals surface area contributed by atoms with E-state index in [-0.39, 0.29) is 24.2 Å². The van der Waals surface area contributed by atoms with Crippen molar-refractivity contribution in [1.29, 1.82) is 0 Å². The highest BCUT2D eigenvalue weighted by Gasteiger charge is 2.43. The molecule has 140 valence electrons. The maximum atomic E-state index is 13.2. The molecule has 1 aromatic carbocycles. The monoisotopic (exact) mass is 382 g/mol. The molecular weight excluding hydrogens is 361 g/mol. The molecule has 1 fully saturated rings. The third kappa shape index (κ3) is 3.23. The number of benzene rings is 1. The number of ether oxygens (including phenoxy) is 1. The highest BCUT2D eigenvalue weighted by atomic mass is 32.1. The van der Waals surface area contributed by atoms with Crippen LogP contribution in [-0.2, 0) is 10.9 Å². The number of anilines is 1. The molecule has 0 amide bonds. The van der Waals surface area contributed by atoms with Crippen molar-refractivity contribution in [3.05, 3.63) is 51.7 Å². The molecule has 2 aromatic rings. The van der Waals surface area contributed by atoms with Gasteiger partial charge in [0.15, 0.2) is 0 Å². The van der Waals surface area contributed by atoms with E-state index in [0.717, 1.165) is 24.6 Å². The van der Waals surface area contributed by atoms with Crippen LogP contribution in [0.15, 0.2) is 35.0 Å². The van der Waals surface area contributed by atoms with Gasteiger partial charge >= 0.3 is 6.18 Å². The number of likely N-dealkylation sites (N-methyl/N-ethyl adjacent to an activating group) is 1. The number of hydrogen-bond donors (Lipinski definition) is 2. The molecular formula is C19H21F3N2OS. The first-order chi connectivity index (χ1) is 12.5. The molecule has 4 rings (SSSR count). The van der Waals surface area contributed by atoms with E-state index in [1.54, 1.807) is 17.4 Å². The Morgan fingerprint density at radius 1 is 1.27 bits per heavy atom. The lowest BCUT2D eigenvalue weighted by atomic mass is 9.76. The number of alkyl halides is 3. The van der Waals surface area contributed by atoms with Crippen LogP contribution in [0.25, 0.3) is 0 Å². The fourth-order valence-corrected chi connectivity index (χ4v) is 4.79. The molecule has 0 bridgehead atoms. The lowest BCUT2D eigenvalue weighted by molar-refractivity contribution is -0.138. The van der Waals surface area contributed by atoms with Crippen molar-refractivity contribution in [2.24, 2.45) is 5.92 Å². The summed E-state index contributed by atoms with van der Waals surface area (Å²) in [5.41, 5.74) is 1.91. The van der Waals surface area contributed by atoms with Gasteiger partial charge in [-0.25, -0.2) is 0 Å². The van der Waals surface area contributed by atoms with Crippen LogP contribution in [-0.4, -0.2) is 19.7 Å². The molecule has 26 heavy (non-hydrogen) atoms. The van der Waals surface area contributed by atoms with Crippen LogP contribution in [0.2, 0.25) is 0 Å². The van der Waals surface area contributed by atoms with Crippen molar-refractivity contribution in [3.8, 4) is 0 Å². The first-order valence-corrected chi connectivity index (χ1v) is 9.71. The highest BCUT2D eigenvalue weighted by Crippen LogP contribution is 2.51. The van der Waals surface area contributed by atoms with Crippen LogP contribution in [0.3, 0.4) is 0 Å². The second kappa shape index (κ2) is 6.87. The Kier molecular flexibility index (Phi) is 4.71. The summed E-state index contributed by atoms with van der Waals surface area (Å²) in [4.78, 5) is 0. The van der Waals surface area contributed by atoms with Crippen LogP contribution in [0.4, 0.5) is 18.9 Å². The van der Waals surface area contributed by atoms with Crippen molar-refractivity contribution in [3.63, 3.8) is 0 Å². The lowest BCUT2D eigenvalue weighted by Crippen LogP contribution is -2.41. The average Bonchev–Trinajstić information content (AvgIpc) is 3.14. The second-order valence-electron chi connectivity index (χ2n) is 6.96. The molecule has 0 unspecified atom stereocenters. The van der Waals surface area contributed by atoms with Gasteiger partial charge in [0.05, 0.1) is 23.8 Å². The predicted molar refractivity (Wildman–Crippen MR) is 96.4 cm³/mol. The molecule has 4 atom stereocenters. The summed E-state index contributed by atoms with van der Waals surface area (Å²) in [7, 11) is 1.86. The van der Waals surface area contributed by atoms with Crippen molar-refractivity contribution in [2.45, 2.75) is 37.3 Å². The molecule has 0 radical (unpaired) electrons. The maximum Gasteiger partial charge on any atom is 0.416 e. The van der Waals surface area contributed by atoms with E-state index >= 15 is 0 Å². The third-order valence-electron chi connectivity index (χ3n) is 5.31. The van der Waals surface area contributed by atoms with E-state index in [0.29, 0.717) is 12.1 Å². The molecule has 7 heteroatoms. The quantitative estimate of drug-likeness (QED) is 0.785. The number of rotatable bonds is 3. The van der Waals surface area contributed by atoms with Gasteiger partial charge in [0.25, 0.3) is 0 Å². The van der Waals surface area contributed by atoms with Gasteiger partial charge in [0.1, 0.15) is 0 Å². The number of halogens is 3. The first-order valence-electron chi connectivity index (χ1n) is 8.77. The Morgan fingerprint density at radius 3 is 2.81 bits per heavy atom. The smallest absolute Gasteiger partial charge is 0.378 e. The van der Waals surface area contributed by atoms with Crippen LogP contribution in [0, 0.1) is 5.92 Å². The van der Waals surface area contributed by atoms with Crippen LogP contribution >= 0.6 is 11.3 Å². The highest BCUT2D eigenvalue weighted by molar-refractivity contribution is 7.08. The van der Waals surface area contributed by atoms with Crippen molar-refractivity contribution in [2.75, 3.05) is 18.9 Å². The van der Waals surface area contributed by atoms with Crippen molar-refractivity contribution in [1.82, 2.24) is 5.32 Å². The summed E-state index contributed by atoms with van der Waals surface area (Å²) in [6.07, 6.45) is -2.84. The summed E-state index contributed by atoms with van der Waals surface area (Å²) in [6, 6.07) is 6.08. The minimum absolute atomic E-state index is 0.0184. The van der Waals surface area contributed by atoms with Crippen molar-refractivity contribution >= 4 is 17.0 Å². The Morgan fingerprint density at radius 2 is 2.12 bits per heavy atom. The van der Waals surface area contributed by atoms with Gasteiger partial charge in [-0.2, -0.15) is 24.5 Å². The maximum absolute atomic E-state index is 13.2. The summed E-state index contributed by atoms with van der Waals surface area (Å²) in [5.74, 6) is 0.119. The standard InChI is InChI=1S/C19H21F3N2OS/c1-23-9-13-3-4-14-17(11-6-7-26-10-11)24-16-5-2-12(19(20,21)22)8-15(16)18(14)25-13/h2,5-8,10,13-14,17-18,23-24H,3-4,9H2,1H3/t13-,14+,17+,18+/m1/s1. The van der Waals surface area contributed by atoms with Crippen LogP contribution in [0.1, 0.15) is 41.7 Å². The first kappa shape index (κ1) is 17.8. The molecule has 2 aliphatic rings. The molecule has 1 aromatic heterocycles. The molecule has 1 saturated heterocycles. The van der Waals surface area contributed by atoms with Gasteiger partial charge in [-0.3, -0.25) is 0 Å². The Balaban J connectivity index is 1.74. The largest absolute Gasteiger partial charge is 0.416 e. The molecule has 0 spiro atoms. The normalized spacial score (nSPS) is 28.2. The molecule has 0 saturated carbocycles. The molecule has 2 N–H and O–H groups in total. The van der Waals surface area contributed by atoms with Gasteiger partial charge in [0.2, 0.25) is 0 Å². The number of hydrogen-bond acceptors (Lipinski definition) is 4. The summed E-state index contributed by atoms with van der Waals surface area (Å²) >= 11 is 1.63. The molecule has 0 aliphatic carbocycles. The van der Waals surface area contributed by atoms with Gasteiger partial charge in [-0.15, -0.1) is 0 Å². The van der Waals surface area contributed by atoms with Gasteiger partial charge in [-0.05, 0) is 60.5 Å². The zero-order chi connectivity index (χ0) is 18.3. The van der Waals surface area contributed by atoms with Gasteiger partial charge in [0, 0.05) is 23.7 Å².